The quantitative estimate of drug-likeness (QED) is 0.856. The second kappa shape index (κ2) is 5.46. The van der Waals surface area contributed by atoms with E-state index in [0.29, 0.717) is 22.2 Å². The van der Waals surface area contributed by atoms with Crippen molar-refractivity contribution >= 4 is 17.2 Å². The molecular formula is C13H12N2O2S. The van der Waals surface area contributed by atoms with E-state index < -0.39 is 0 Å². The molecule has 0 aliphatic rings. The molecular weight excluding hydrogens is 248 g/mol. The number of rotatable bonds is 4. The first-order chi connectivity index (χ1) is 8.69. The van der Waals surface area contributed by atoms with Gasteiger partial charge in [0.2, 0.25) is 5.88 Å². The first kappa shape index (κ1) is 12.3. The summed E-state index contributed by atoms with van der Waals surface area (Å²) in [6.07, 6.45) is 1.58. The van der Waals surface area contributed by atoms with Crippen LogP contribution in [0.1, 0.15) is 5.56 Å². The largest absolute Gasteiger partial charge is 0.497 e. The van der Waals surface area contributed by atoms with Crippen LogP contribution in [0.25, 0.3) is 0 Å². The Hall–Kier alpha value is -2.14. The van der Waals surface area contributed by atoms with E-state index in [2.05, 4.69) is 4.98 Å². The zero-order valence-electron chi connectivity index (χ0n) is 9.79. The molecule has 0 bridgehead atoms. The van der Waals surface area contributed by atoms with Gasteiger partial charge in [0.25, 0.3) is 0 Å². The highest BCUT2D eigenvalue weighted by Crippen LogP contribution is 2.22. The lowest BCUT2D eigenvalue weighted by atomic mass is 10.3. The summed E-state index contributed by atoms with van der Waals surface area (Å²) in [5, 5.41) is 0. The average Bonchev–Trinajstić information content (AvgIpc) is 2.40. The van der Waals surface area contributed by atoms with Crippen molar-refractivity contribution in [2.75, 3.05) is 7.11 Å². The number of benzene rings is 1. The summed E-state index contributed by atoms with van der Waals surface area (Å²) >= 11 is 4.85. The fourth-order valence-corrected chi connectivity index (χ4v) is 1.47. The summed E-state index contributed by atoms with van der Waals surface area (Å²) in [7, 11) is 1.62. The third kappa shape index (κ3) is 2.95. The van der Waals surface area contributed by atoms with Crippen LogP contribution >= 0.6 is 12.2 Å². The van der Waals surface area contributed by atoms with Crippen LogP contribution in [0.5, 0.6) is 17.4 Å². The predicted molar refractivity (Wildman–Crippen MR) is 73.2 cm³/mol. The SMILES string of the molecule is COc1ccc(Oc2ccc(C(N)=S)cn2)cc1. The monoisotopic (exact) mass is 260 g/mol. The Morgan fingerprint density at radius 2 is 1.78 bits per heavy atom. The van der Waals surface area contributed by atoms with Crippen molar-refractivity contribution in [3.05, 3.63) is 48.2 Å². The Kier molecular flexibility index (Phi) is 3.74. The van der Waals surface area contributed by atoms with Crippen LogP contribution in [-0.2, 0) is 0 Å². The number of nitrogens with zero attached hydrogens (tertiary/aromatic N) is 1. The maximum atomic E-state index is 5.56. The normalized spacial score (nSPS) is 9.83. The summed E-state index contributed by atoms with van der Waals surface area (Å²) in [6, 6.07) is 10.7. The standard InChI is InChI=1S/C13H12N2O2S/c1-16-10-3-5-11(6-4-10)17-12-7-2-9(8-15-12)13(14)18/h2-8H,1H3,(H2,14,18). The fraction of sp³-hybridized carbons (Fsp3) is 0.0769. The Labute approximate surface area is 110 Å². The Morgan fingerprint density at radius 3 is 2.28 bits per heavy atom. The van der Waals surface area contributed by atoms with Crippen LogP contribution in [0.4, 0.5) is 0 Å². The second-order valence-electron chi connectivity index (χ2n) is 3.53. The minimum absolute atomic E-state index is 0.318. The first-order valence-corrected chi connectivity index (χ1v) is 5.67. The average molecular weight is 260 g/mol. The van der Waals surface area contributed by atoms with Crippen molar-refractivity contribution < 1.29 is 9.47 Å². The summed E-state index contributed by atoms with van der Waals surface area (Å²) < 4.78 is 10.6. The van der Waals surface area contributed by atoms with Gasteiger partial charge >= 0.3 is 0 Å². The molecule has 1 aromatic carbocycles. The van der Waals surface area contributed by atoms with Crippen LogP contribution in [0.3, 0.4) is 0 Å². The van der Waals surface area contributed by atoms with Gasteiger partial charge in [0.05, 0.1) is 7.11 Å². The molecule has 2 N–H and O–H groups in total. The molecule has 0 saturated carbocycles. The van der Waals surface area contributed by atoms with E-state index in [1.54, 1.807) is 25.4 Å². The minimum atomic E-state index is 0.318. The smallest absolute Gasteiger partial charge is 0.219 e. The van der Waals surface area contributed by atoms with E-state index in [1.165, 1.54) is 0 Å². The fourth-order valence-electron chi connectivity index (χ4n) is 1.35. The molecule has 18 heavy (non-hydrogen) atoms. The molecule has 2 aromatic rings. The number of pyridine rings is 1. The molecule has 0 amide bonds. The lowest BCUT2D eigenvalue weighted by molar-refractivity contribution is 0.412. The van der Waals surface area contributed by atoms with Gasteiger partial charge < -0.3 is 15.2 Å². The van der Waals surface area contributed by atoms with Crippen LogP contribution < -0.4 is 15.2 Å². The molecule has 0 spiro atoms. The van der Waals surface area contributed by atoms with E-state index in [4.69, 9.17) is 27.4 Å². The van der Waals surface area contributed by atoms with E-state index >= 15 is 0 Å². The molecule has 2 rings (SSSR count). The number of methoxy groups -OCH3 is 1. The Bertz CT molecular complexity index is 538. The van der Waals surface area contributed by atoms with Crippen LogP contribution in [0, 0.1) is 0 Å². The molecule has 92 valence electrons. The number of hydrogen-bond acceptors (Lipinski definition) is 4. The first-order valence-electron chi connectivity index (χ1n) is 5.27. The third-order valence-corrected chi connectivity index (χ3v) is 2.54. The number of nitrogens with two attached hydrogens (primary N) is 1. The highest BCUT2D eigenvalue weighted by atomic mass is 32.1. The predicted octanol–water partition coefficient (Wildman–Crippen LogP) is 2.52. The van der Waals surface area contributed by atoms with Gasteiger partial charge in [-0.05, 0) is 30.3 Å². The molecule has 1 heterocycles. The highest BCUT2D eigenvalue weighted by Gasteiger charge is 2.01. The lowest BCUT2D eigenvalue weighted by Crippen LogP contribution is -2.09. The van der Waals surface area contributed by atoms with Gasteiger partial charge in [-0.15, -0.1) is 0 Å². The third-order valence-electron chi connectivity index (χ3n) is 2.30. The molecule has 0 aliphatic carbocycles. The van der Waals surface area contributed by atoms with Crippen molar-refractivity contribution in [3.8, 4) is 17.4 Å². The molecule has 0 saturated heterocycles. The molecule has 0 atom stereocenters. The van der Waals surface area contributed by atoms with Gasteiger partial charge in [-0.2, -0.15) is 0 Å². The molecule has 5 heteroatoms. The second-order valence-corrected chi connectivity index (χ2v) is 3.97. The summed E-state index contributed by atoms with van der Waals surface area (Å²) in [6.45, 7) is 0. The number of hydrogen-bond donors (Lipinski definition) is 1. The van der Waals surface area contributed by atoms with E-state index in [1.807, 2.05) is 24.3 Å². The van der Waals surface area contributed by atoms with E-state index in [-0.39, 0.29) is 0 Å². The van der Waals surface area contributed by atoms with E-state index in [0.717, 1.165) is 5.75 Å². The Balaban J connectivity index is 2.10. The molecule has 0 unspecified atom stereocenters. The van der Waals surface area contributed by atoms with Gasteiger partial charge in [0.15, 0.2) is 0 Å². The molecule has 0 radical (unpaired) electrons. The zero-order valence-corrected chi connectivity index (χ0v) is 10.6. The van der Waals surface area contributed by atoms with Gasteiger partial charge in [0, 0.05) is 17.8 Å². The van der Waals surface area contributed by atoms with Gasteiger partial charge in [-0.25, -0.2) is 4.98 Å². The number of aromatic nitrogens is 1. The number of thiocarbonyl (C=S) groups is 1. The van der Waals surface area contributed by atoms with Gasteiger partial charge in [0.1, 0.15) is 16.5 Å². The Morgan fingerprint density at radius 1 is 1.11 bits per heavy atom. The topological polar surface area (TPSA) is 57.4 Å². The number of ether oxygens (including phenoxy) is 2. The lowest BCUT2D eigenvalue weighted by Gasteiger charge is -2.06. The van der Waals surface area contributed by atoms with Crippen LogP contribution in [-0.4, -0.2) is 17.1 Å². The summed E-state index contributed by atoms with van der Waals surface area (Å²) in [4.78, 5) is 4.43. The van der Waals surface area contributed by atoms with E-state index in [9.17, 15) is 0 Å². The van der Waals surface area contributed by atoms with Gasteiger partial charge in [-0.1, -0.05) is 12.2 Å². The molecule has 0 aliphatic heterocycles. The van der Waals surface area contributed by atoms with Crippen molar-refractivity contribution in [3.63, 3.8) is 0 Å². The summed E-state index contributed by atoms with van der Waals surface area (Å²) in [5.74, 6) is 1.95. The van der Waals surface area contributed by atoms with Crippen molar-refractivity contribution in [2.24, 2.45) is 5.73 Å². The minimum Gasteiger partial charge on any atom is -0.497 e. The highest BCUT2D eigenvalue weighted by molar-refractivity contribution is 7.80. The van der Waals surface area contributed by atoms with Crippen molar-refractivity contribution in [2.45, 2.75) is 0 Å². The maximum Gasteiger partial charge on any atom is 0.219 e. The molecule has 1 aromatic heterocycles. The van der Waals surface area contributed by atoms with Crippen LogP contribution in [0.15, 0.2) is 42.6 Å². The maximum absolute atomic E-state index is 5.56. The molecule has 0 fully saturated rings. The summed E-state index contributed by atoms with van der Waals surface area (Å²) in [5.41, 5.74) is 6.20. The zero-order chi connectivity index (χ0) is 13.0. The molecule has 4 nitrogen and oxygen atoms in total. The van der Waals surface area contributed by atoms with Gasteiger partial charge in [-0.3, -0.25) is 0 Å². The van der Waals surface area contributed by atoms with Crippen molar-refractivity contribution in [1.29, 1.82) is 0 Å². The van der Waals surface area contributed by atoms with Crippen molar-refractivity contribution in [1.82, 2.24) is 4.98 Å². The van der Waals surface area contributed by atoms with Crippen LogP contribution in [0.2, 0.25) is 0 Å².